The minimum atomic E-state index is 0.349. The first kappa shape index (κ1) is 12.9. The van der Waals surface area contributed by atoms with Gasteiger partial charge in [-0.25, -0.2) is 0 Å². The van der Waals surface area contributed by atoms with Gasteiger partial charge in [0.05, 0.1) is 18.0 Å². The van der Waals surface area contributed by atoms with Crippen molar-refractivity contribution in [2.24, 2.45) is 0 Å². The Hall–Kier alpha value is -1.59. The lowest BCUT2D eigenvalue weighted by molar-refractivity contribution is 0.827. The fraction of sp³-hybridized carbons (Fsp3) is 0.333. The molecule has 0 spiro atoms. The molecule has 1 heterocycles. The Morgan fingerprint density at radius 3 is 2.67 bits per heavy atom. The van der Waals surface area contributed by atoms with E-state index in [0.29, 0.717) is 17.4 Å². The molecule has 3 heteroatoms. The van der Waals surface area contributed by atoms with Gasteiger partial charge in [0, 0.05) is 16.1 Å². The van der Waals surface area contributed by atoms with Gasteiger partial charge in [-0.2, -0.15) is 5.26 Å². The predicted molar refractivity (Wildman–Crippen MR) is 74.9 cm³/mol. The van der Waals surface area contributed by atoms with Crippen molar-refractivity contribution in [3.05, 3.63) is 40.0 Å². The summed E-state index contributed by atoms with van der Waals surface area (Å²) in [6.45, 7) is 6.21. The number of hydrogen-bond acceptors (Lipinski definition) is 2. The molecule has 2 nitrogen and oxygen atoms in total. The van der Waals surface area contributed by atoms with Crippen LogP contribution in [0.2, 0.25) is 5.02 Å². The van der Waals surface area contributed by atoms with Gasteiger partial charge in [-0.1, -0.05) is 25.4 Å². The molecule has 0 bridgehead atoms. The summed E-state index contributed by atoms with van der Waals surface area (Å²) >= 11 is 6.09. The molecular formula is C15H15ClN2. The molecule has 92 valence electrons. The summed E-state index contributed by atoms with van der Waals surface area (Å²) in [7, 11) is 0. The number of halogens is 1. The predicted octanol–water partition coefficient (Wildman–Crippen LogP) is 4.39. The van der Waals surface area contributed by atoms with Crippen molar-refractivity contribution in [3.63, 3.8) is 0 Å². The highest BCUT2D eigenvalue weighted by molar-refractivity contribution is 6.31. The highest BCUT2D eigenvalue weighted by Crippen LogP contribution is 2.28. The van der Waals surface area contributed by atoms with Crippen molar-refractivity contribution < 1.29 is 0 Å². The molecule has 1 aromatic carbocycles. The summed E-state index contributed by atoms with van der Waals surface area (Å²) in [6, 6.07) is 8.04. The third-order valence-corrected chi connectivity index (χ3v) is 3.25. The molecule has 0 saturated carbocycles. The smallest absolute Gasteiger partial charge is 0.0738 e. The van der Waals surface area contributed by atoms with Crippen LogP contribution < -0.4 is 0 Å². The fourth-order valence-electron chi connectivity index (χ4n) is 2.07. The molecule has 0 atom stereocenters. The molecular weight excluding hydrogens is 244 g/mol. The van der Waals surface area contributed by atoms with Crippen LogP contribution in [0.5, 0.6) is 0 Å². The maximum absolute atomic E-state index is 8.94. The molecule has 0 radical (unpaired) electrons. The average molecular weight is 259 g/mol. The second-order valence-electron chi connectivity index (χ2n) is 4.81. The standard InChI is InChI=1S/C15H15ClN2/c1-9(2)14-7-11(4-5-17)13-8-12(16)6-10(3)15(13)18-14/h6-9H,4H2,1-3H3. The molecule has 0 fully saturated rings. The Morgan fingerprint density at radius 1 is 1.33 bits per heavy atom. The number of hydrogen-bond donors (Lipinski definition) is 0. The summed E-state index contributed by atoms with van der Waals surface area (Å²) in [5.74, 6) is 0.349. The number of nitriles is 1. The maximum atomic E-state index is 8.94. The van der Waals surface area contributed by atoms with Gasteiger partial charge in [0.2, 0.25) is 0 Å². The molecule has 0 amide bonds. The second-order valence-corrected chi connectivity index (χ2v) is 5.25. The Bertz CT molecular complexity index is 639. The summed E-state index contributed by atoms with van der Waals surface area (Å²) in [4.78, 5) is 4.69. The topological polar surface area (TPSA) is 36.7 Å². The zero-order valence-electron chi connectivity index (χ0n) is 10.8. The lowest BCUT2D eigenvalue weighted by Gasteiger charge is -2.12. The van der Waals surface area contributed by atoms with Gasteiger partial charge in [-0.3, -0.25) is 4.98 Å². The molecule has 0 N–H and O–H groups in total. The van der Waals surface area contributed by atoms with Crippen molar-refractivity contribution in [2.45, 2.75) is 33.1 Å². The first-order chi connectivity index (χ1) is 8.52. The first-order valence-electron chi connectivity index (χ1n) is 5.99. The van der Waals surface area contributed by atoms with E-state index in [-0.39, 0.29) is 0 Å². The Morgan fingerprint density at radius 2 is 2.06 bits per heavy atom. The van der Waals surface area contributed by atoms with Gasteiger partial charge in [0.1, 0.15) is 0 Å². The van der Waals surface area contributed by atoms with Crippen molar-refractivity contribution in [3.8, 4) is 6.07 Å². The summed E-state index contributed by atoms with van der Waals surface area (Å²) in [6.07, 6.45) is 0.387. The van der Waals surface area contributed by atoms with Gasteiger partial charge < -0.3 is 0 Å². The lowest BCUT2D eigenvalue weighted by atomic mass is 9.99. The van der Waals surface area contributed by atoms with Crippen molar-refractivity contribution in [2.75, 3.05) is 0 Å². The lowest BCUT2D eigenvalue weighted by Crippen LogP contribution is -1.98. The first-order valence-corrected chi connectivity index (χ1v) is 6.37. The minimum Gasteiger partial charge on any atom is -0.252 e. The van der Waals surface area contributed by atoms with Crippen LogP contribution in [0.3, 0.4) is 0 Å². The van der Waals surface area contributed by atoms with Crippen LogP contribution in [0.25, 0.3) is 10.9 Å². The Labute approximate surface area is 112 Å². The third-order valence-electron chi connectivity index (χ3n) is 3.04. The minimum absolute atomic E-state index is 0.349. The molecule has 2 rings (SSSR count). The van der Waals surface area contributed by atoms with Crippen LogP contribution in [0, 0.1) is 18.3 Å². The summed E-state index contributed by atoms with van der Waals surface area (Å²) in [5, 5.41) is 10.6. The van der Waals surface area contributed by atoms with E-state index in [4.69, 9.17) is 21.8 Å². The Balaban J connectivity index is 2.81. The molecule has 0 aliphatic carbocycles. The number of aromatic nitrogens is 1. The van der Waals surface area contributed by atoms with Crippen molar-refractivity contribution >= 4 is 22.5 Å². The molecule has 0 aliphatic rings. The van der Waals surface area contributed by atoms with Crippen LogP contribution >= 0.6 is 11.6 Å². The summed E-state index contributed by atoms with van der Waals surface area (Å²) in [5.41, 5.74) is 4.05. The number of nitrogens with zero attached hydrogens (tertiary/aromatic N) is 2. The largest absolute Gasteiger partial charge is 0.252 e. The van der Waals surface area contributed by atoms with E-state index in [1.54, 1.807) is 0 Å². The number of rotatable bonds is 2. The van der Waals surface area contributed by atoms with Crippen LogP contribution in [0.1, 0.15) is 36.6 Å². The second kappa shape index (κ2) is 4.96. The summed E-state index contributed by atoms with van der Waals surface area (Å²) < 4.78 is 0. The van der Waals surface area contributed by atoms with Crippen LogP contribution in [0.15, 0.2) is 18.2 Å². The highest BCUT2D eigenvalue weighted by atomic mass is 35.5. The van der Waals surface area contributed by atoms with Crippen LogP contribution in [-0.2, 0) is 6.42 Å². The van der Waals surface area contributed by atoms with Gasteiger partial charge in [0.25, 0.3) is 0 Å². The van der Waals surface area contributed by atoms with Gasteiger partial charge in [0.15, 0.2) is 0 Å². The maximum Gasteiger partial charge on any atom is 0.0738 e. The van der Waals surface area contributed by atoms with Gasteiger partial charge in [-0.05, 0) is 42.2 Å². The van der Waals surface area contributed by atoms with E-state index < -0.39 is 0 Å². The molecule has 2 aromatic rings. The van der Waals surface area contributed by atoms with E-state index in [9.17, 15) is 0 Å². The zero-order chi connectivity index (χ0) is 13.3. The third kappa shape index (κ3) is 2.32. The number of benzene rings is 1. The number of pyridine rings is 1. The van der Waals surface area contributed by atoms with E-state index >= 15 is 0 Å². The quantitative estimate of drug-likeness (QED) is 0.801. The molecule has 18 heavy (non-hydrogen) atoms. The average Bonchev–Trinajstić information content (AvgIpc) is 2.29. The highest BCUT2D eigenvalue weighted by Gasteiger charge is 2.11. The SMILES string of the molecule is Cc1cc(Cl)cc2c(CC#N)cc(C(C)C)nc12. The van der Waals surface area contributed by atoms with E-state index in [1.165, 1.54) is 0 Å². The van der Waals surface area contributed by atoms with Crippen LogP contribution in [-0.4, -0.2) is 4.98 Å². The van der Waals surface area contributed by atoms with Crippen LogP contribution in [0.4, 0.5) is 0 Å². The monoisotopic (exact) mass is 258 g/mol. The van der Waals surface area contributed by atoms with Crippen molar-refractivity contribution in [1.29, 1.82) is 5.26 Å². The van der Waals surface area contributed by atoms with E-state index in [0.717, 1.165) is 27.7 Å². The fourth-order valence-corrected chi connectivity index (χ4v) is 2.35. The van der Waals surface area contributed by atoms with Gasteiger partial charge in [-0.15, -0.1) is 0 Å². The van der Waals surface area contributed by atoms with Crippen molar-refractivity contribution in [1.82, 2.24) is 4.98 Å². The molecule has 0 saturated heterocycles. The van der Waals surface area contributed by atoms with E-state index in [2.05, 4.69) is 19.9 Å². The molecule has 0 unspecified atom stereocenters. The van der Waals surface area contributed by atoms with E-state index in [1.807, 2.05) is 25.1 Å². The zero-order valence-corrected chi connectivity index (χ0v) is 11.5. The molecule has 1 aromatic heterocycles. The normalized spacial score (nSPS) is 10.9. The molecule has 0 aliphatic heterocycles. The Kier molecular flexibility index (Phi) is 3.54. The number of aryl methyl sites for hydroxylation is 1. The number of fused-ring (bicyclic) bond motifs is 1. The van der Waals surface area contributed by atoms with Gasteiger partial charge >= 0.3 is 0 Å².